The number of hydrogen-bond donors (Lipinski definition) is 0. The Hall–Kier alpha value is -1.97. The Bertz CT molecular complexity index is 527. The minimum atomic E-state index is -0.269. The number of carbonyl (C=O) groups is 3. The van der Waals surface area contributed by atoms with Gasteiger partial charge in [0.1, 0.15) is 5.78 Å². The van der Waals surface area contributed by atoms with Gasteiger partial charge in [0.15, 0.2) is 0 Å². The van der Waals surface area contributed by atoms with Gasteiger partial charge in [-0.05, 0) is 24.7 Å². The van der Waals surface area contributed by atoms with E-state index in [9.17, 15) is 14.4 Å². The average molecular weight is 301 g/mol. The number of rotatable bonds is 8. The van der Waals surface area contributed by atoms with Crippen molar-refractivity contribution in [2.45, 2.75) is 26.7 Å². The first-order valence-corrected chi connectivity index (χ1v) is 7.80. The third-order valence-corrected chi connectivity index (χ3v) is 4.33. The van der Waals surface area contributed by atoms with Crippen LogP contribution in [-0.2, 0) is 14.4 Å². The van der Waals surface area contributed by atoms with Crippen molar-refractivity contribution < 1.29 is 14.4 Å². The molecule has 0 radical (unpaired) electrons. The minimum absolute atomic E-state index is 0.0780. The zero-order chi connectivity index (χ0) is 16.3. The lowest BCUT2D eigenvalue weighted by Crippen LogP contribution is -2.30. The lowest BCUT2D eigenvalue weighted by molar-refractivity contribution is -0.136. The SMILES string of the molecule is C=CCC(/C=C\CN1C(=O)C=CC1=O)C1CC1C(=O)C(C)C. The lowest BCUT2D eigenvalue weighted by atomic mass is 9.94. The molecular formula is C18H23NO3. The third kappa shape index (κ3) is 3.62. The summed E-state index contributed by atoms with van der Waals surface area (Å²) in [5.74, 6) is 0.656. The molecule has 1 aliphatic heterocycles. The number of ketones is 1. The summed E-state index contributed by atoms with van der Waals surface area (Å²) in [5.41, 5.74) is 0. The molecule has 1 heterocycles. The van der Waals surface area contributed by atoms with Crippen molar-refractivity contribution in [3.05, 3.63) is 37.0 Å². The van der Waals surface area contributed by atoms with Crippen molar-refractivity contribution in [3.8, 4) is 0 Å². The monoisotopic (exact) mass is 301 g/mol. The minimum Gasteiger partial charge on any atom is -0.299 e. The molecule has 1 saturated carbocycles. The maximum absolute atomic E-state index is 12.0. The Kier molecular flexibility index (Phi) is 5.11. The zero-order valence-electron chi connectivity index (χ0n) is 13.2. The van der Waals surface area contributed by atoms with Crippen LogP contribution in [-0.4, -0.2) is 29.0 Å². The fourth-order valence-corrected chi connectivity index (χ4v) is 2.98. The van der Waals surface area contributed by atoms with E-state index < -0.39 is 0 Å². The van der Waals surface area contributed by atoms with Gasteiger partial charge in [0.2, 0.25) is 0 Å². The van der Waals surface area contributed by atoms with Crippen LogP contribution in [0.4, 0.5) is 0 Å². The van der Waals surface area contributed by atoms with Crippen LogP contribution in [0.25, 0.3) is 0 Å². The van der Waals surface area contributed by atoms with Crippen molar-refractivity contribution in [1.82, 2.24) is 4.90 Å². The summed E-state index contributed by atoms with van der Waals surface area (Å²) >= 11 is 0. The largest absolute Gasteiger partial charge is 0.299 e. The molecule has 4 heteroatoms. The van der Waals surface area contributed by atoms with Crippen molar-refractivity contribution >= 4 is 17.6 Å². The molecule has 2 aliphatic rings. The van der Waals surface area contributed by atoms with Gasteiger partial charge in [-0.2, -0.15) is 0 Å². The molecule has 3 atom stereocenters. The number of carbonyl (C=O) groups excluding carboxylic acids is 3. The van der Waals surface area contributed by atoms with Gasteiger partial charge in [-0.15, -0.1) is 6.58 Å². The second kappa shape index (κ2) is 6.86. The highest BCUT2D eigenvalue weighted by Gasteiger charge is 2.46. The predicted octanol–water partition coefficient (Wildman–Crippen LogP) is 2.52. The molecule has 3 unspecified atom stereocenters. The van der Waals surface area contributed by atoms with E-state index >= 15 is 0 Å². The van der Waals surface area contributed by atoms with Crippen LogP contribution in [0.5, 0.6) is 0 Å². The summed E-state index contributed by atoms with van der Waals surface area (Å²) in [6.45, 7) is 7.94. The maximum atomic E-state index is 12.0. The molecule has 22 heavy (non-hydrogen) atoms. The van der Waals surface area contributed by atoms with Crippen LogP contribution >= 0.6 is 0 Å². The molecule has 1 fully saturated rings. The van der Waals surface area contributed by atoms with E-state index in [-0.39, 0.29) is 36.1 Å². The summed E-state index contributed by atoms with van der Waals surface area (Å²) < 4.78 is 0. The molecule has 1 aliphatic carbocycles. The number of allylic oxidation sites excluding steroid dienone is 2. The van der Waals surface area contributed by atoms with Gasteiger partial charge in [0, 0.05) is 30.5 Å². The van der Waals surface area contributed by atoms with Crippen LogP contribution in [0.2, 0.25) is 0 Å². The van der Waals surface area contributed by atoms with E-state index in [0.717, 1.165) is 12.8 Å². The molecule has 0 saturated heterocycles. The van der Waals surface area contributed by atoms with Crippen molar-refractivity contribution in [2.24, 2.45) is 23.7 Å². The maximum Gasteiger partial charge on any atom is 0.253 e. The van der Waals surface area contributed by atoms with Gasteiger partial charge < -0.3 is 0 Å². The predicted molar refractivity (Wildman–Crippen MR) is 84.7 cm³/mol. The normalized spacial score (nSPS) is 25.3. The molecule has 0 aromatic heterocycles. The molecule has 118 valence electrons. The molecule has 0 bridgehead atoms. The van der Waals surface area contributed by atoms with Crippen LogP contribution in [0.1, 0.15) is 26.7 Å². The highest BCUT2D eigenvalue weighted by atomic mass is 16.2. The number of imide groups is 1. The van der Waals surface area contributed by atoms with E-state index in [1.165, 1.54) is 17.1 Å². The molecule has 2 amide bonds. The first-order chi connectivity index (χ1) is 10.5. The molecule has 0 spiro atoms. The van der Waals surface area contributed by atoms with Crippen molar-refractivity contribution in [2.75, 3.05) is 6.54 Å². The van der Waals surface area contributed by atoms with Gasteiger partial charge in [-0.1, -0.05) is 32.1 Å². The Balaban J connectivity index is 1.91. The van der Waals surface area contributed by atoms with Gasteiger partial charge in [-0.25, -0.2) is 0 Å². The quantitative estimate of drug-likeness (QED) is 0.511. The second-order valence-corrected chi connectivity index (χ2v) is 6.30. The second-order valence-electron chi connectivity index (χ2n) is 6.30. The van der Waals surface area contributed by atoms with E-state index in [4.69, 9.17) is 0 Å². The zero-order valence-corrected chi connectivity index (χ0v) is 13.2. The Labute approximate surface area is 131 Å². The van der Waals surface area contributed by atoms with Gasteiger partial charge in [-0.3, -0.25) is 19.3 Å². The molecule has 2 rings (SSSR count). The highest BCUT2D eigenvalue weighted by Crippen LogP contribution is 2.48. The molecular weight excluding hydrogens is 278 g/mol. The summed E-state index contributed by atoms with van der Waals surface area (Å²) in [6.07, 6.45) is 10.1. The molecule has 0 aromatic carbocycles. The third-order valence-electron chi connectivity index (χ3n) is 4.33. The van der Waals surface area contributed by atoms with Gasteiger partial charge >= 0.3 is 0 Å². The van der Waals surface area contributed by atoms with E-state index in [1.807, 2.05) is 32.1 Å². The summed E-state index contributed by atoms with van der Waals surface area (Å²) in [5, 5.41) is 0. The van der Waals surface area contributed by atoms with Crippen LogP contribution in [0.15, 0.2) is 37.0 Å². The summed E-state index contributed by atoms with van der Waals surface area (Å²) in [4.78, 5) is 36.2. The number of hydrogen-bond acceptors (Lipinski definition) is 3. The van der Waals surface area contributed by atoms with Crippen molar-refractivity contribution in [3.63, 3.8) is 0 Å². The van der Waals surface area contributed by atoms with Gasteiger partial charge in [0.05, 0.1) is 0 Å². The molecule has 4 nitrogen and oxygen atoms in total. The molecule has 0 aromatic rings. The standard InChI is InChI=1S/C18H23NO3/c1-4-6-13(14-11-15(14)18(22)12(2)3)7-5-10-19-16(20)8-9-17(19)21/h4-5,7-9,12-15H,1,6,10-11H2,2-3H3/b7-5-. The average Bonchev–Trinajstić information content (AvgIpc) is 3.20. The number of amides is 2. The summed E-state index contributed by atoms with van der Waals surface area (Å²) in [6, 6.07) is 0. The fourth-order valence-electron chi connectivity index (χ4n) is 2.98. The van der Waals surface area contributed by atoms with Crippen molar-refractivity contribution in [1.29, 1.82) is 0 Å². The van der Waals surface area contributed by atoms with Crippen LogP contribution in [0, 0.1) is 23.7 Å². The van der Waals surface area contributed by atoms with E-state index in [1.54, 1.807) is 0 Å². The molecule has 0 N–H and O–H groups in total. The number of nitrogens with zero attached hydrogens (tertiary/aromatic N) is 1. The first kappa shape index (κ1) is 16.4. The fraction of sp³-hybridized carbons (Fsp3) is 0.500. The smallest absolute Gasteiger partial charge is 0.253 e. The van der Waals surface area contributed by atoms with E-state index in [0.29, 0.717) is 11.7 Å². The Morgan fingerprint density at radius 2 is 2.00 bits per heavy atom. The summed E-state index contributed by atoms with van der Waals surface area (Å²) in [7, 11) is 0. The topological polar surface area (TPSA) is 54.5 Å². The van der Waals surface area contributed by atoms with Gasteiger partial charge in [0.25, 0.3) is 11.8 Å². The van der Waals surface area contributed by atoms with Crippen LogP contribution in [0.3, 0.4) is 0 Å². The van der Waals surface area contributed by atoms with E-state index in [2.05, 4.69) is 6.58 Å². The Morgan fingerprint density at radius 3 is 2.55 bits per heavy atom. The first-order valence-electron chi connectivity index (χ1n) is 7.80. The number of Topliss-reactive ketones (excluding diaryl/α,β-unsaturated/α-hetero) is 1. The lowest BCUT2D eigenvalue weighted by Gasteiger charge is -2.13. The van der Waals surface area contributed by atoms with Crippen LogP contribution < -0.4 is 0 Å². The highest BCUT2D eigenvalue weighted by molar-refractivity contribution is 6.12. The Morgan fingerprint density at radius 1 is 1.36 bits per heavy atom.